The van der Waals surface area contributed by atoms with Gasteiger partial charge in [0.1, 0.15) is 5.75 Å². The van der Waals surface area contributed by atoms with E-state index < -0.39 is 11.7 Å². The van der Waals surface area contributed by atoms with Crippen LogP contribution in [0, 0.1) is 0 Å². The van der Waals surface area contributed by atoms with E-state index in [4.69, 9.17) is 10.5 Å². The number of hydrogen-bond donors (Lipinski definition) is 1. The van der Waals surface area contributed by atoms with Gasteiger partial charge in [0.25, 0.3) is 0 Å². The molecule has 0 unspecified atom stereocenters. The molecule has 2 nitrogen and oxygen atoms in total. The molecular weight excluding hydrogens is 243 g/mol. The molecule has 0 amide bonds. The fraction of sp³-hybridized carbons (Fsp3) is 0.231. The fourth-order valence-electron chi connectivity index (χ4n) is 1.86. The van der Waals surface area contributed by atoms with Gasteiger partial charge >= 0.3 is 6.18 Å². The zero-order chi connectivity index (χ0) is 13.3. The second-order valence-electron chi connectivity index (χ2n) is 3.94. The van der Waals surface area contributed by atoms with E-state index in [1.165, 1.54) is 13.2 Å². The molecule has 2 rings (SSSR count). The maximum absolute atomic E-state index is 12.6. The molecule has 2 aromatic carbocycles. The first-order chi connectivity index (χ1) is 8.45. The summed E-state index contributed by atoms with van der Waals surface area (Å²) in [5, 5.41) is 1.12. The van der Waals surface area contributed by atoms with Crippen molar-refractivity contribution >= 4 is 10.8 Å². The van der Waals surface area contributed by atoms with Gasteiger partial charge in [-0.1, -0.05) is 6.07 Å². The van der Waals surface area contributed by atoms with E-state index in [0.717, 1.165) is 17.7 Å². The van der Waals surface area contributed by atoms with Crippen LogP contribution in [0.5, 0.6) is 5.75 Å². The molecule has 0 radical (unpaired) electrons. The summed E-state index contributed by atoms with van der Waals surface area (Å²) >= 11 is 0. The van der Waals surface area contributed by atoms with Crippen LogP contribution in [0.2, 0.25) is 0 Å². The number of ether oxygens (including phenoxy) is 1. The van der Waals surface area contributed by atoms with Crippen molar-refractivity contribution in [1.82, 2.24) is 0 Å². The lowest BCUT2D eigenvalue weighted by Gasteiger charge is -2.11. The highest BCUT2D eigenvalue weighted by Gasteiger charge is 2.30. The van der Waals surface area contributed by atoms with Crippen LogP contribution in [-0.2, 0) is 12.7 Å². The van der Waals surface area contributed by atoms with Gasteiger partial charge in [0.15, 0.2) is 0 Å². The lowest BCUT2D eigenvalue weighted by Crippen LogP contribution is -2.04. The Hall–Kier alpha value is -1.75. The van der Waals surface area contributed by atoms with Crippen molar-refractivity contribution < 1.29 is 17.9 Å². The Balaban J connectivity index is 2.68. The Morgan fingerprint density at radius 3 is 2.44 bits per heavy atom. The number of hydrogen-bond acceptors (Lipinski definition) is 2. The smallest absolute Gasteiger partial charge is 0.416 e. The summed E-state index contributed by atoms with van der Waals surface area (Å²) in [5.74, 6) is 0.529. The topological polar surface area (TPSA) is 35.2 Å². The molecule has 96 valence electrons. The second-order valence-corrected chi connectivity index (χ2v) is 3.94. The first-order valence-corrected chi connectivity index (χ1v) is 5.33. The Labute approximate surface area is 102 Å². The molecule has 0 bridgehead atoms. The number of halogens is 3. The Bertz CT molecular complexity index is 578. The highest BCUT2D eigenvalue weighted by molar-refractivity contribution is 5.89. The minimum absolute atomic E-state index is 0.253. The largest absolute Gasteiger partial charge is 0.496 e. The van der Waals surface area contributed by atoms with Gasteiger partial charge in [-0.25, -0.2) is 0 Å². The van der Waals surface area contributed by atoms with Crippen LogP contribution < -0.4 is 10.5 Å². The second kappa shape index (κ2) is 4.49. The Morgan fingerprint density at radius 2 is 1.89 bits per heavy atom. The molecule has 0 aliphatic rings. The van der Waals surface area contributed by atoms with Crippen molar-refractivity contribution in [3.05, 3.63) is 41.5 Å². The zero-order valence-corrected chi connectivity index (χ0v) is 9.71. The van der Waals surface area contributed by atoms with Crippen LogP contribution in [0.4, 0.5) is 13.2 Å². The number of fused-ring (bicyclic) bond motifs is 1. The summed E-state index contributed by atoms with van der Waals surface area (Å²) < 4.78 is 43.0. The number of benzene rings is 2. The summed E-state index contributed by atoms with van der Waals surface area (Å²) in [7, 11) is 1.48. The first-order valence-electron chi connectivity index (χ1n) is 5.33. The lowest BCUT2D eigenvalue weighted by molar-refractivity contribution is -0.137. The molecular formula is C13H12F3NO. The minimum Gasteiger partial charge on any atom is -0.496 e. The van der Waals surface area contributed by atoms with Crippen molar-refractivity contribution in [3.63, 3.8) is 0 Å². The quantitative estimate of drug-likeness (QED) is 0.893. The third kappa shape index (κ3) is 2.26. The molecule has 0 saturated heterocycles. The molecule has 0 aliphatic heterocycles. The van der Waals surface area contributed by atoms with E-state index in [9.17, 15) is 13.2 Å². The standard InChI is InChI=1S/C13H12F3NO/c1-18-12-5-8(7-17)4-9-6-10(13(14,15)16)2-3-11(9)12/h2-6H,7,17H2,1H3. The van der Waals surface area contributed by atoms with Crippen LogP contribution in [0.25, 0.3) is 10.8 Å². The monoisotopic (exact) mass is 255 g/mol. The summed E-state index contributed by atoms with van der Waals surface area (Å²) in [4.78, 5) is 0. The van der Waals surface area contributed by atoms with E-state index in [1.54, 1.807) is 12.1 Å². The Morgan fingerprint density at radius 1 is 1.17 bits per heavy atom. The molecule has 0 aliphatic carbocycles. The van der Waals surface area contributed by atoms with Crippen LogP contribution in [0.15, 0.2) is 30.3 Å². The maximum atomic E-state index is 12.6. The predicted molar refractivity (Wildman–Crippen MR) is 63.4 cm³/mol. The highest BCUT2D eigenvalue weighted by Crippen LogP contribution is 2.34. The molecule has 2 aromatic rings. The van der Waals surface area contributed by atoms with Gasteiger partial charge < -0.3 is 10.5 Å². The van der Waals surface area contributed by atoms with E-state index in [-0.39, 0.29) is 6.54 Å². The molecule has 0 fully saturated rings. The molecule has 0 spiro atoms. The summed E-state index contributed by atoms with van der Waals surface area (Å²) in [6.45, 7) is 0.253. The lowest BCUT2D eigenvalue weighted by atomic mass is 10.0. The van der Waals surface area contributed by atoms with E-state index >= 15 is 0 Å². The van der Waals surface area contributed by atoms with Crippen molar-refractivity contribution in [2.24, 2.45) is 5.73 Å². The van der Waals surface area contributed by atoms with Crippen molar-refractivity contribution in [2.75, 3.05) is 7.11 Å². The highest BCUT2D eigenvalue weighted by atomic mass is 19.4. The Kier molecular flexibility index (Phi) is 3.17. The normalized spacial score (nSPS) is 11.8. The number of alkyl halides is 3. The van der Waals surface area contributed by atoms with Crippen molar-refractivity contribution in [1.29, 1.82) is 0 Å². The SMILES string of the molecule is COc1cc(CN)cc2cc(C(F)(F)F)ccc12. The molecule has 0 atom stereocenters. The van der Waals surface area contributed by atoms with Gasteiger partial charge in [-0.05, 0) is 35.2 Å². The van der Waals surface area contributed by atoms with Crippen LogP contribution in [-0.4, -0.2) is 7.11 Å². The summed E-state index contributed by atoms with van der Waals surface area (Å²) in [6.07, 6.45) is -4.35. The average Bonchev–Trinajstić information content (AvgIpc) is 2.35. The third-order valence-corrected chi connectivity index (χ3v) is 2.76. The van der Waals surface area contributed by atoms with Gasteiger partial charge in [0.05, 0.1) is 12.7 Å². The van der Waals surface area contributed by atoms with Crippen LogP contribution >= 0.6 is 0 Å². The van der Waals surface area contributed by atoms with E-state index in [1.807, 2.05) is 0 Å². The molecule has 0 aromatic heterocycles. The molecule has 18 heavy (non-hydrogen) atoms. The van der Waals surface area contributed by atoms with Crippen LogP contribution in [0.1, 0.15) is 11.1 Å². The number of rotatable bonds is 2. The van der Waals surface area contributed by atoms with E-state index in [2.05, 4.69) is 0 Å². The average molecular weight is 255 g/mol. The fourth-order valence-corrected chi connectivity index (χ4v) is 1.86. The van der Waals surface area contributed by atoms with Gasteiger partial charge in [-0.15, -0.1) is 0 Å². The van der Waals surface area contributed by atoms with Gasteiger partial charge in [-0.2, -0.15) is 13.2 Å². The van der Waals surface area contributed by atoms with Crippen molar-refractivity contribution in [3.8, 4) is 5.75 Å². The summed E-state index contributed by atoms with van der Waals surface area (Å²) in [5.41, 5.74) is 5.57. The van der Waals surface area contributed by atoms with Crippen LogP contribution in [0.3, 0.4) is 0 Å². The van der Waals surface area contributed by atoms with Gasteiger partial charge in [-0.3, -0.25) is 0 Å². The maximum Gasteiger partial charge on any atom is 0.416 e. The van der Waals surface area contributed by atoms with E-state index in [0.29, 0.717) is 16.5 Å². The van der Waals surface area contributed by atoms with Gasteiger partial charge in [0, 0.05) is 11.9 Å². The zero-order valence-electron chi connectivity index (χ0n) is 9.71. The van der Waals surface area contributed by atoms with Crippen molar-refractivity contribution in [2.45, 2.75) is 12.7 Å². The molecule has 0 saturated carbocycles. The molecule has 5 heteroatoms. The first kappa shape index (κ1) is 12.7. The molecule has 2 N–H and O–H groups in total. The van der Waals surface area contributed by atoms with Gasteiger partial charge in [0.2, 0.25) is 0 Å². The number of methoxy groups -OCH3 is 1. The predicted octanol–water partition coefficient (Wildman–Crippen LogP) is 3.33. The molecule has 0 heterocycles. The number of nitrogens with two attached hydrogens (primary N) is 1. The summed E-state index contributed by atoms with van der Waals surface area (Å²) in [6, 6.07) is 6.95. The minimum atomic E-state index is -4.35. The third-order valence-electron chi connectivity index (χ3n) is 2.76.